The lowest BCUT2D eigenvalue weighted by molar-refractivity contribution is 0.272. The van der Waals surface area contributed by atoms with Crippen LogP contribution in [0.15, 0.2) is 77.3 Å². The second kappa shape index (κ2) is 11.0. The molecule has 5 aromatic rings. The number of hydrogen-bond donors (Lipinski definition) is 1. The molecule has 0 radical (unpaired) electrons. The van der Waals surface area contributed by atoms with Gasteiger partial charge in [-0.2, -0.15) is 15.5 Å². The van der Waals surface area contributed by atoms with E-state index in [2.05, 4.69) is 38.1 Å². The summed E-state index contributed by atoms with van der Waals surface area (Å²) in [5.74, 6) is -0.404. The van der Waals surface area contributed by atoms with E-state index in [1.165, 1.54) is 24.0 Å². The Balaban J connectivity index is 1.23. The number of hydrogen-bond acceptors (Lipinski definition) is 7. The Labute approximate surface area is 229 Å². The summed E-state index contributed by atoms with van der Waals surface area (Å²) in [7, 11) is 0. The summed E-state index contributed by atoms with van der Waals surface area (Å²) < 4.78 is 18.3. The lowest BCUT2D eigenvalue weighted by Gasteiger charge is -2.30. The van der Waals surface area contributed by atoms with Crippen molar-refractivity contribution >= 4 is 17.3 Å². The summed E-state index contributed by atoms with van der Waals surface area (Å²) in [5, 5.41) is 22.7. The number of rotatable bonds is 7. The molecule has 6 rings (SSSR count). The van der Waals surface area contributed by atoms with Crippen LogP contribution in [0.4, 0.5) is 4.39 Å². The Kier molecular flexibility index (Phi) is 7.09. The molecule has 0 amide bonds. The minimum atomic E-state index is -0.404. The predicted molar refractivity (Wildman–Crippen MR) is 147 cm³/mol. The average Bonchev–Trinajstić information content (AvgIpc) is 3.57. The molecule has 8 nitrogen and oxygen atoms in total. The SMILES string of the molecule is Cc1c(-c2cc(Sc3ncccc3F)c3c(C#N)cnn3c2)cnn1[C@H]1CC[C@@H](NCc2ccccn2)CC1. The van der Waals surface area contributed by atoms with Crippen molar-refractivity contribution in [2.75, 3.05) is 0 Å². The maximum absolute atomic E-state index is 14.5. The number of nitriles is 1. The average molecular weight is 539 g/mol. The Bertz CT molecular complexity index is 1650. The van der Waals surface area contributed by atoms with Crippen molar-refractivity contribution in [3.05, 3.63) is 90.2 Å². The van der Waals surface area contributed by atoms with Gasteiger partial charge >= 0.3 is 0 Å². The van der Waals surface area contributed by atoms with Gasteiger partial charge in [-0.3, -0.25) is 9.67 Å². The normalized spacial score (nSPS) is 17.4. The van der Waals surface area contributed by atoms with Crippen molar-refractivity contribution in [1.82, 2.24) is 34.7 Å². The van der Waals surface area contributed by atoms with Gasteiger partial charge in [-0.15, -0.1) is 0 Å². The van der Waals surface area contributed by atoms with Gasteiger partial charge in [-0.25, -0.2) is 13.9 Å². The zero-order valence-corrected chi connectivity index (χ0v) is 22.3. The zero-order valence-electron chi connectivity index (χ0n) is 21.5. The summed E-state index contributed by atoms with van der Waals surface area (Å²) in [6.07, 6.45) is 13.0. The molecule has 1 N–H and O–H groups in total. The van der Waals surface area contributed by atoms with Crippen LogP contribution in [0.5, 0.6) is 0 Å². The maximum Gasteiger partial charge on any atom is 0.155 e. The second-order valence-corrected chi connectivity index (χ2v) is 10.8. The van der Waals surface area contributed by atoms with Crippen LogP contribution in [0, 0.1) is 24.1 Å². The molecule has 1 aliphatic carbocycles. The fraction of sp³-hybridized carbons (Fsp3) is 0.276. The molecule has 0 bridgehead atoms. The van der Waals surface area contributed by atoms with E-state index in [9.17, 15) is 9.65 Å². The molecule has 1 fully saturated rings. The topological polar surface area (TPSA) is 96.7 Å². The smallest absolute Gasteiger partial charge is 0.155 e. The Morgan fingerprint density at radius 2 is 1.92 bits per heavy atom. The van der Waals surface area contributed by atoms with Crippen LogP contribution in [-0.2, 0) is 6.54 Å². The van der Waals surface area contributed by atoms with Gasteiger partial charge in [0.1, 0.15) is 11.1 Å². The second-order valence-electron chi connectivity index (χ2n) is 9.74. The van der Waals surface area contributed by atoms with E-state index in [1.54, 1.807) is 16.8 Å². The van der Waals surface area contributed by atoms with Crippen LogP contribution in [0.2, 0.25) is 0 Å². The molecule has 1 saturated carbocycles. The summed E-state index contributed by atoms with van der Waals surface area (Å²) >= 11 is 1.19. The highest BCUT2D eigenvalue weighted by atomic mass is 32.2. The van der Waals surface area contributed by atoms with Crippen molar-refractivity contribution in [1.29, 1.82) is 5.26 Å². The van der Waals surface area contributed by atoms with E-state index in [1.807, 2.05) is 42.9 Å². The van der Waals surface area contributed by atoms with E-state index < -0.39 is 5.82 Å². The van der Waals surface area contributed by atoms with Gasteiger partial charge in [0.15, 0.2) is 5.82 Å². The fourth-order valence-corrected chi connectivity index (χ4v) is 6.27. The van der Waals surface area contributed by atoms with Crippen LogP contribution in [-0.4, -0.2) is 35.4 Å². The number of nitrogens with one attached hydrogen (secondary N) is 1. The van der Waals surface area contributed by atoms with Crippen molar-refractivity contribution in [2.24, 2.45) is 0 Å². The molecule has 0 aromatic carbocycles. The Morgan fingerprint density at radius 3 is 2.69 bits per heavy atom. The quantitative estimate of drug-likeness (QED) is 0.283. The number of fused-ring (bicyclic) bond motifs is 1. The summed E-state index contributed by atoms with van der Waals surface area (Å²) in [4.78, 5) is 9.31. The summed E-state index contributed by atoms with van der Waals surface area (Å²) in [5.41, 5.74) is 5.10. The lowest BCUT2D eigenvalue weighted by atomic mass is 9.91. The largest absolute Gasteiger partial charge is 0.308 e. The van der Waals surface area contributed by atoms with Crippen LogP contribution in [0.25, 0.3) is 16.6 Å². The molecule has 1 aliphatic rings. The van der Waals surface area contributed by atoms with Crippen LogP contribution in [0.1, 0.15) is 48.7 Å². The van der Waals surface area contributed by atoms with Crippen molar-refractivity contribution in [2.45, 2.75) is 61.2 Å². The summed E-state index contributed by atoms with van der Waals surface area (Å²) in [6, 6.07) is 13.9. The molecule has 0 unspecified atom stereocenters. The fourth-order valence-electron chi connectivity index (χ4n) is 5.29. The Hall–Kier alpha value is -4.07. The highest BCUT2D eigenvalue weighted by molar-refractivity contribution is 7.99. The summed E-state index contributed by atoms with van der Waals surface area (Å²) in [6.45, 7) is 2.88. The van der Waals surface area contributed by atoms with E-state index >= 15 is 0 Å². The lowest BCUT2D eigenvalue weighted by Crippen LogP contribution is -2.34. The molecule has 0 atom stereocenters. The third kappa shape index (κ3) is 5.15. The molecular formula is C29H27FN8S. The van der Waals surface area contributed by atoms with Gasteiger partial charge in [0, 0.05) is 52.9 Å². The minimum absolute atomic E-state index is 0.252. The first-order chi connectivity index (χ1) is 19.1. The first-order valence-corrected chi connectivity index (χ1v) is 13.8. The van der Waals surface area contributed by atoms with Gasteiger partial charge in [-0.1, -0.05) is 17.8 Å². The van der Waals surface area contributed by atoms with Gasteiger partial charge in [-0.05, 0) is 62.9 Å². The van der Waals surface area contributed by atoms with E-state index in [4.69, 9.17) is 5.10 Å². The van der Waals surface area contributed by atoms with Gasteiger partial charge in [0.2, 0.25) is 0 Å². The molecule has 5 heterocycles. The van der Waals surface area contributed by atoms with Gasteiger partial charge < -0.3 is 5.32 Å². The number of halogens is 1. The molecule has 5 aromatic heterocycles. The number of pyridine rings is 3. The standard InChI is InChI=1S/C29H27FN8S/c1-19-25(17-36-38(19)24-9-7-22(8-10-24)34-16-23-5-2-3-11-32-23)20-13-27(39-29-26(30)6-4-12-33-29)28-21(14-31)15-35-37(28)18-20/h2-6,11-13,15,17-18,22,24,34H,7-10,16H2,1H3/t22-,24+. The van der Waals surface area contributed by atoms with Crippen LogP contribution in [0.3, 0.4) is 0 Å². The first-order valence-electron chi connectivity index (χ1n) is 13.0. The minimum Gasteiger partial charge on any atom is -0.308 e. The molecule has 39 heavy (non-hydrogen) atoms. The van der Waals surface area contributed by atoms with E-state index in [0.717, 1.165) is 54.7 Å². The number of aromatic nitrogens is 6. The zero-order chi connectivity index (χ0) is 26.8. The molecule has 0 spiro atoms. The molecule has 10 heteroatoms. The third-order valence-electron chi connectivity index (χ3n) is 7.32. The maximum atomic E-state index is 14.5. The molecule has 0 aliphatic heterocycles. The van der Waals surface area contributed by atoms with Crippen LogP contribution < -0.4 is 5.32 Å². The van der Waals surface area contributed by atoms with Crippen molar-refractivity contribution in [3.63, 3.8) is 0 Å². The molecular weight excluding hydrogens is 511 g/mol. The molecule has 196 valence electrons. The van der Waals surface area contributed by atoms with Crippen LogP contribution >= 0.6 is 11.8 Å². The third-order valence-corrected chi connectivity index (χ3v) is 8.35. The highest BCUT2D eigenvalue weighted by Gasteiger charge is 2.25. The van der Waals surface area contributed by atoms with Crippen molar-refractivity contribution < 1.29 is 4.39 Å². The van der Waals surface area contributed by atoms with E-state index in [-0.39, 0.29) is 5.03 Å². The Morgan fingerprint density at radius 1 is 1.08 bits per heavy atom. The van der Waals surface area contributed by atoms with Gasteiger partial charge in [0.25, 0.3) is 0 Å². The molecule has 0 saturated heterocycles. The monoisotopic (exact) mass is 538 g/mol. The van der Waals surface area contributed by atoms with Gasteiger partial charge in [0.05, 0.1) is 35.2 Å². The first kappa shape index (κ1) is 25.2. The highest BCUT2D eigenvalue weighted by Crippen LogP contribution is 2.37. The number of nitrogens with zero attached hydrogens (tertiary/aromatic N) is 7. The predicted octanol–water partition coefficient (Wildman–Crippen LogP) is 5.73. The van der Waals surface area contributed by atoms with Crippen molar-refractivity contribution in [3.8, 4) is 17.2 Å². The van der Waals surface area contributed by atoms with E-state index in [0.29, 0.717) is 28.1 Å².